The Kier molecular flexibility index (Phi) is 3.85. The highest BCUT2D eigenvalue weighted by Gasteiger charge is 2.44. The minimum absolute atomic E-state index is 0.152. The number of aliphatic hydroxyl groups is 1. The summed E-state index contributed by atoms with van der Waals surface area (Å²) in [6.07, 6.45) is 5.00. The molecule has 1 saturated carbocycles. The number of hydrogen-bond donors (Lipinski definition) is 1. The highest BCUT2D eigenvalue weighted by atomic mass is 79.9. The van der Waals surface area contributed by atoms with E-state index in [1.165, 1.54) is 12.8 Å². The highest BCUT2D eigenvalue weighted by Crippen LogP contribution is 2.49. The molecule has 0 saturated heterocycles. The van der Waals surface area contributed by atoms with Gasteiger partial charge in [-0.05, 0) is 49.7 Å². The number of halogens is 1. The van der Waals surface area contributed by atoms with Crippen molar-refractivity contribution >= 4 is 15.9 Å². The average Bonchev–Trinajstić information content (AvgIpc) is 2.37. The number of fused-ring (bicyclic) bond motifs is 1. The van der Waals surface area contributed by atoms with Crippen molar-refractivity contribution < 1.29 is 9.84 Å². The van der Waals surface area contributed by atoms with Gasteiger partial charge in [-0.1, -0.05) is 35.8 Å². The molecule has 1 fully saturated rings. The second kappa shape index (κ2) is 5.34. The Balaban J connectivity index is 1.89. The van der Waals surface area contributed by atoms with Crippen molar-refractivity contribution in [1.82, 2.24) is 0 Å². The van der Waals surface area contributed by atoms with E-state index in [2.05, 4.69) is 29.8 Å². The lowest BCUT2D eigenvalue weighted by atomic mass is 9.70. The summed E-state index contributed by atoms with van der Waals surface area (Å²) in [5, 5.41) is 10.5. The minimum atomic E-state index is -0.391. The monoisotopic (exact) mass is 338 g/mol. The van der Waals surface area contributed by atoms with Crippen molar-refractivity contribution in [2.24, 2.45) is 11.8 Å². The molecule has 3 heteroatoms. The van der Waals surface area contributed by atoms with Crippen LogP contribution in [0.2, 0.25) is 0 Å². The molecule has 2 unspecified atom stereocenters. The van der Waals surface area contributed by atoms with E-state index in [0.717, 1.165) is 35.0 Å². The van der Waals surface area contributed by atoms with Crippen LogP contribution in [0.5, 0.6) is 5.75 Å². The summed E-state index contributed by atoms with van der Waals surface area (Å²) in [7, 11) is 0. The van der Waals surface area contributed by atoms with Gasteiger partial charge in [0.1, 0.15) is 11.4 Å². The van der Waals surface area contributed by atoms with Crippen LogP contribution < -0.4 is 4.74 Å². The van der Waals surface area contributed by atoms with Crippen LogP contribution in [0.3, 0.4) is 0 Å². The molecule has 20 heavy (non-hydrogen) atoms. The van der Waals surface area contributed by atoms with Crippen LogP contribution in [-0.2, 0) is 0 Å². The first-order valence-corrected chi connectivity index (χ1v) is 8.45. The van der Waals surface area contributed by atoms with Crippen LogP contribution in [-0.4, -0.2) is 10.7 Å². The third-order valence-corrected chi connectivity index (χ3v) is 5.50. The molecule has 1 N–H and O–H groups in total. The predicted molar refractivity (Wildman–Crippen MR) is 83.9 cm³/mol. The van der Waals surface area contributed by atoms with Crippen LogP contribution in [0.4, 0.5) is 0 Å². The quantitative estimate of drug-likeness (QED) is 0.792. The highest BCUT2D eigenvalue weighted by molar-refractivity contribution is 9.10. The molecule has 3 atom stereocenters. The maximum atomic E-state index is 10.5. The third kappa shape index (κ3) is 2.62. The summed E-state index contributed by atoms with van der Waals surface area (Å²) in [6, 6.07) is 5.94. The topological polar surface area (TPSA) is 29.5 Å². The molecule has 3 rings (SSSR count). The van der Waals surface area contributed by atoms with Gasteiger partial charge in [0.05, 0.1) is 6.10 Å². The Labute approximate surface area is 129 Å². The predicted octanol–water partition coefficient (Wildman–Crippen LogP) is 4.85. The van der Waals surface area contributed by atoms with Gasteiger partial charge >= 0.3 is 0 Å². The molecule has 1 aromatic carbocycles. The molecule has 1 heterocycles. The standard InChI is InChI=1S/C17H23BrO2/c1-11(2)12-4-3-7-17(9-12)10-15(19)14-6-5-13(18)8-16(14)20-17/h5-6,8,11-12,15,19H,3-4,7,9-10H2,1-2H3/t12?,15-,17?/m0/s1. The van der Waals surface area contributed by atoms with Crippen LogP contribution >= 0.6 is 15.9 Å². The van der Waals surface area contributed by atoms with E-state index in [4.69, 9.17) is 4.74 Å². The summed E-state index contributed by atoms with van der Waals surface area (Å²) in [6.45, 7) is 4.60. The zero-order valence-electron chi connectivity index (χ0n) is 12.2. The van der Waals surface area contributed by atoms with E-state index >= 15 is 0 Å². The summed E-state index contributed by atoms with van der Waals surface area (Å²) >= 11 is 3.50. The first-order chi connectivity index (χ1) is 9.49. The van der Waals surface area contributed by atoms with Crippen molar-refractivity contribution in [3.63, 3.8) is 0 Å². The molecule has 1 aliphatic carbocycles. The smallest absolute Gasteiger partial charge is 0.127 e. The van der Waals surface area contributed by atoms with Gasteiger partial charge in [0, 0.05) is 16.5 Å². The van der Waals surface area contributed by atoms with Crippen molar-refractivity contribution in [2.75, 3.05) is 0 Å². The molecule has 0 bridgehead atoms. The summed E-state index contributed by atoms with van der Waals surface area (Å²) in [5.41, 5.74) is 0.783. The lowest BCUT2D eigenvalue weighted by Crippen LogP contribution is -2.45. The molecule has 2 aliphatic rings. The molecule has 0 aromatic heterocycles. The first kappa shape index (κ1) is 14.4. The number of benzene rings is 1. The van der Waals surface area contributed by atoms with Crippen molar-refractivity contribution in [1.29, 1.82) is 0 Å². The molecule has 0 amide bonds. The fraction of sp³-hybridized carbons (Fsp3) is 0.647. The lowest BCUT2D eigenvalue weighted by Gasteiger charge is -2.46. The largest absolute Gasteiger partial charge is 0.487 e. The SMILES string of the molecule is CC(C)C1CCCC2(C1)C[C@H](O)c1ccc(Br)cc1O2. The average molecular weight is 339 g/mol. The minimum Gasteiger partial charge on any atom is -0.487 e. The number of aliphatic hydroxyl groups excluding tert-OH is 1. The number of ether oxygens (including phenoxy) is 1. The van der Waals surface area contributed by atoms with E-state index in [1.807, 2.05) is 18.2 Å². The van der Waals surface area contributed by atoms with Gasteiger partial charge in [0.2, 0.25) is 0 Å². The van der Waals surface area contributed by atoms with E-state index < -0.39 is 6.10 Å². The molecule has 1 spiro atoms. The van der Waals surface area contributed by atoms with E-state index in [9.17, 15) is 5.11 Å². The van der Waals surface area contributed by atoms with Crippen molar-refractivity contribution in [3.8, 4) is 5.75 Å². The Morgan fingerprint density at radius 2 is 2.15 bits per heavy atom. The van der Waals surface area contributed by atoms with Gasteiger partial charge in [0.25, 0.3) is 0 Å². The zero-order chi connectivity index (χ0) is 14.3. The van der Waals surface area contributed by atoms with Crippen LogP contribution in [0, 0.1) is 11.8 Å². The van der Waals surface area contributed by atoms with Gasteiger partial charge in [-0.15, -0.1) is 0 Å². The van der Waals surface area contributed by atoms with Gasteiger partial charge in [-0.25, -0.2) is 0 Å². The van der Waals surface area contributed by atoms with Crippen molar-refractivity contribution in [2.45, 2.75) is 57.7 Å². The molecule has 110 valence electrons. The number of hydrogen-bond acceptors (Lipinski definition) is 2. The normalized spacial score (nSPS) is 33.0. The molecular formula is C17H23BrO2. The Morgan fingerprint density at radius 1 is 1.35 bits per heavy atom. The van der Waals surface area contributed by atoms with Gasteiger partial charge in [-0.3, -0.25) is 0 Å². The van der Waals surface area contributed by atoms with E-state index in [0.29, 0.717) is 11.8 Å². The summed E-state index contributed by atoms with van der Waals surface area (Å²) in [4.78, 5) is 0. The van der Waals surface area contributed by atoms with Crippen molar-refractivity contribution in [3.05, 3.63) is 28.2 Å². The zero-order valence-corrected chi connectivity index (χ0v) is 13.8. The molecule has 0 radical (unpaired) electrons. The van der Waals surface area contributed by atoms with Crippen LogP contribution in [0.25, 0.3) is 0 Å². The fourth-order valence-electron chi connectivity index (χ4n) is 3.82. The molecule has 1 aliphatic heterocycles. The first-order valence-electron chi connectivity index (χ1n) is 7.66. The van der Waals surface area contributed by atoms with Gasteiger partial charge < -0.3 is 9.84 Å². The molecule has 1 aromatic rings. The Hall–Kier alpha value is -0.540. The van der Waals surface area contributed by atoms with E-state index in [1.54, 1.807) is 0 Å². The fourth-order valence-corrected chi connectivity index (χ4v) is 4.16. The summed E-state index contributed by atoms with van der Waals surface area (Å²) < 4.78 is 7.41. The summed E-state index contributed by atoms with van der Waals surface area (Å²) in [5.74, 6) is 2.27. The molecular weight excluding hydrogens is 316 g/mol. The second-order valence-electron chi connectivity index (χ2n) is 6.79. The third-order valence-electron chi connectivity index (χ3n) is 5.01. The maximum Gasteiger partial charge on any atom is 0.127 e. The molecule has 2 nitrogen and oxygen atoms in total. The van der Waals surface area contributed by atoms with Gasteiger partial charge in [0.15, 0.2) is 0 Å². The number of rotatable bonds is 1. The van der Waals surface area contributed by atoms with Gasteiger partial charge in [-0.2, -0.15) is 0 Å². The Morgan fingerprint density at radius 3 is 2.90 bits per heavy atom. The lowest BCUT2D eigenvalue weighted by molar-refractivity contribution is -0.0573. The Bertz CT molecular complexity index is 500. The van der Waals surface area contributed by atoms with E-state index in [-0.39, 0.29) is 5.60 Å². The van der Waals surface area contributed by atoms with Crippen LogP contribution in [0.1, 0.15) is 57.6 Å². The second-order valence-corrected chi connectivity index (χ2v) is 7.70. The van der Waals surface area contributed by atoms with Crippen LogP contribution in [0.15, 0.2) is 22.7 Å². The maximum absolute atomic E-state index is 10.5.